The van der Waals surface area contributed by atoms with Crippen molar-refractivity contribution < 1.29 is 10.2 Å². The third-order valence-electron chi connectivity index (χ3n) is 4.05. The molecule has 102 valence electrons. The van der Waals surface area contributed by atoms with Gasteiger partial charge in [0.2, 0.25) is 0 Å². The van der Waals surface area contributed by atoms with Gasteiger partial charge in [-0.05, 0) is 31.1 Å². The summed E-state index contributed by atoms with van der Waals surface area (Å²) in [5.41, 5.74) is 6.18. The predicted octanol–water partition coefficient (Wildman–Crippen LogP) is 0.427. The summed E-state index contributed by atoms with van der Waals surface area (Å²) in [5, 5.41) is 18.0. The van der Waals surface area contributed by atoms with Crippen LogP contribution in [0.1, 0.15) is 32.6 Å². The fourth-order valence-electron chi connectivity index (χ4n) is 2.87. The molecule has 1 aliphatic rings. The first-order chi connectivity index (χ1) is 8.21. The highest BCUT2D eigenvalue weighted by Crippen LogP contribution is 2.30. The summed E-state index contributed by atoms with van der Waals surface area (Å²) < 4.78 is 0. The van der Waals surface area contributed by atoms with Gasteiger partial charge in [0.15, 0.2) is 0 Å². The highest BCUT2D eigenvalue weighted by molar-refractivity contribution is 4.84. The molecule has 1 saturated carbocycles. The van der Waals surface area contributed by atoms with Crippen molar-refractivity contribution in [1.82, 2.24) is 4.90 Å². The van der Waals surface area contributed by atoms with E-state index in [-0.39, 0.29) is 19.3 Å². The van der Waals surface area contributed by atoms with E-state index < -0.39 is 0 Å². The van der Waals surface area contributed by atoms with Gasteiger partial charge in [0, 0.05) is 25.7 Å². The molecular formula is C13H28N2O2. The second kappa shape index (κ2) is 8.03. The molecule has 3 unspecified atom stereocenters. The van der Waals surface area contributed by atoms with Crippen LogP contribution in [0.3, 0.4) is 0 Å². The minimum absolute atomic E-state index is 0.152. The lowest BCUT2D eigenvalue weighted by Gasteiger charge is -2.36. The Morgan fingerprint density at radius 1 is 1.18 bits per heavy atom. The van der Waals surface area contributed by atoms with E-state index in [1.807, 2.05) is 0 Å². The summed E-state index contributed by atoms with van der Waals surface area (Å²) in [6.07, 6.45) is 4.82. The Hall–Kier alpha value is -0.160. The lowest BCUT2D eigenvalue weighted by atomic mass is 9.77. The fraction of sp³-hybridized carbons (Fsp3) is 1.00. The van der Waals surface area contributed by atoms with Crippen LogP contribution in [0.25, 0.3) is 0 Å². The molecule has 0 amide bonds. The van der Waals surface area contributed by atoms with Crippen molar-refractivity contribution in [3.63, 3.8) is 0 Å². The minimum atomic E-state index is 0.152. The number of hydrogen-bond donors (Lipinski definition) is 3. The molecule has 0 spiro atoms. The van der Waals surface area contributed by atoms with Gasteiger partial charge in [0.1, 0.15) is 0 Å². The molecule has 0 aromatic heterocycles. The molecule has 17 heavy (non-hydrogen) atoms. The standard InChI is InChI=1S/C13H28N2O2/c1-2-11-3-4-13(14)12(9-11)10-15(5-7-16)6-8-17/h11-13,16-17H,2-10,14H2,1H3. The zero-order chi connectivity index (χ0) is 12.7. The molecule has 0 saturated heterocycles. The van der Waals surface area contributed by atoms with E-state index in [1.54, 1.807) is 0 Å². The number of hydrogen-bond acceptors (Lipinski definition) is 4. The Kier molecular flexibility index (Phi) is 7.04. The molecule has 0 aliphatic heterocycles. The van der Waals surface area contributed by atoms with Crippen molar-refractivity contribution in [3.8, 4) is 0 Å². The zero-order valence-electron chi connectivity index (χ0n) is 11.0. The van der Waals surface area contributed by atoms with Gasteiger partial charge in [0.25, 0.3) is 0 Å². The first kappa shape index (κ1) is 14.9. The van der Waals surface area contributed by atoms with Crippen molar-refractivity contribution in [2.45, 2.75) is 38.6 Å². The van der Waals surface area contributed by atoms with Gasteiger partial charge in [-0.15, -0.1) is 0 Å². The van der Waals surface area contributed by atoms with Crippen LogP contribution in [-0.2, 0) is 0 Å². The fourth-order valence-corrected chi connectivity index (χ4v) is 2.87. The first-order valence-electron chi connectivity index (χ1n) is 6.90. The topological polar surface area (TPSA) is 69.7 Å². The van der Waals surface area contributed by atoms with E-state index in [2.05, 4.69) is 11.8 Å². The van der Waals surface area contributed by atoms with Crippen LogP contribution in [0.15, 0.2) is 0 Å². The number of nitrogens with two attached hydrogens (primary N) is 1. The number of nitrogens with zero attached hydrogens (tertiary/aromatic N) is 1. The average Bonchev–Trinajstić information content (AvgIpc) is 2.32. The Bertz CT molecular complexity index is 196. The SMILES string of the molecule is CCC1CCC(N)C(CN(CCO)CCO)C1. The Balaban J connectivity index is 2.44. The van der Waals surface area contributed by atoms with Gasteiger partial charge in [-0.25, -0.2) is 0 Å². The molecule has 4 N–H and O–H groups in total. The van der Waals surface area contributed by atoms with Crippen LogP contribution < -0.4 is 5.73 Å². The van der Waals surface area contributed by atoms with Gasteiger partial charge in [0.05, 0.1) is 13.2 Å². The monoisotopic (exact) mass is 244 g/mol. The molecule has 0 aromatic carbocycles. The zero-order valence-corrected chi connectivity index (χ0v) is 11.0. The smallest absolute Gasteiger partial charge is 0.0558 e. The number of rotatable bonds is 7. The number of aliphatic hydroxyl groups is 2. The molecule has 1 rings (SSSR count). The predicted molar refractivity (Wildman–Crippen MR) is 69.7 cm³/mol. The van der Waals surface area contributed by atoms with Crippen molar-refractivity contribution >= 4 is 0 Å². The second-order valence-corrected chi connectivity index (χ2v) is 5.26. The largest absolute Gasteiger partial charge is 0.395 e. The van der Waals surface area contributed by atoms with E-state index in [1.165, 1.54) is 19.3 Å². The summed E-state index contributed by atoms with van der Waals surface area (Å²) in [6, 6.07) is 0.290. The molecule has 0 bridgehead atoms. The second-order valence-electron chi connectivity index (χ2n) is 5.26. The number of aliphatic hydroxyl groups excluding tert-OH is 2. The normalized spacial score (nSPS) is 29.8. The maximum absolute atomic E-state index is 9.00. The van der Waals surface area contributed by atoms with Gasteiger partial charge in [-0.3, -0.25) is 4.90 Å². The van der Waals surface area contributed by atoms with Crippen LogP contribution in [-0.4, -0.2) is 54.0 Å². The van der Waals surface area contributed by atoms with Gasteiger partial charge in [-0.2, -0.15) is 0 Å². The van der Waals surface area contributed by atoms with Crippen LogP contribution in [0.2, 0.25) is 0 Å². The van der Waals surface area contributed by atoms with E-state index in [0.717, 1.165) is 18.9 Å². The molecule has 0 radical (unpaired) electrons. The quantitative estimate of drug-likeness (QED) is 0.607. The maximum Gasteiger partial charge on any atom is 0.0558 e. The minimum Gasteiger partial charge on any atom is -0.395 e. The first-order valence-corrected chi connectivity index (χ1v) is 6.90. The van der Waals surface area contributed by atoms with E-state index in [9.17, 15) is 0 Å². The Morgan fingerprint density at radius 3 is 2.35 bits per heavy atom. The third kappa shape index (κ3) is 4.92. The maximum atomic E-state index is 9.00. The summed E-state index contributed by atoms with van der Waals surface area (Å²) in [6.45, 7) is 4.75. The molecule has 1 aliphatic carbocycles. The van der Waals surface area contributed by atoms with Crippen molar-refractivity contribution in [2.24, 2.45) is 17.6 Å². The average molecular weight is 244 g/mol. The Labute approximate surface area is 105 Å². The van der Waals surface area contributed by atoms with Crippen LogP contribution in [0.5, 0.6) is 0 Å². The van der Waals surface area contributed by atoms with Gasteiger partial charge < -0.3 is 15.9 Å². The molecule has 4 heteroatoms. The summed E-state index contributed by atoms with van der Waals surface area (Å²) in [7, 11) is 0. The molecule has 4 nitrogen and oxygen atoms in total. The van der Waals surface area contributed by atoms with Crippen LogP contribution in [0.4, 0.5) is 0 Å². The van der Waals surface area contributed by atoms with Crippen molar-refractivity contribution in [1.29, 1.82) is 0 Å². The summed E-state index contributed by atoms with van der Waals surface area (Å²) >= 11 is 0. The van der Waals surface area contributed by atoms with Crippen LogP contribution in [0, 0.1) is 11.8 Å². The summed E-state index contributed by atoms with van der Waals surface area (Å²) in [5.74, 6) is 1.33. The van der Waals surface area contributed by atoms with E-state index in [4.69, 9.17) is 15.9 Å². The molecular weight excluding hydrogens is 216 g/mol. The molecule has 3 atom stereocenters. The van der Waals surface area contributed by atoms with Gasteiger partial charge >= 0.3 is 0 Å². The molecule has 0 aromatic rings. The van der Waals surface area contributed by atoms with E-state index >= 15 is 0 Å². The van der Waals surface area contributed by atoms with Gasteiger partial charge in [-0.1, -0.05) is 13.3 Å². The Morgan fingerprint density at radius 2 is 1.82 bits per heavy atom. The highest BCUT2D eigenvalue weighted by atomic mass is 16.3. The highest BCUT2D eigenvalue weighted by Gasteiger charge is 2.28. The molecule has 0 heterocycles. The van der Waals surface area contributed by atoms with Crippen molar-refractivity contribution in [3.05, 3.63) is 0 Å². The van der Waals surface area contributed by atoms with Crippen LogP contribution >= 0.6 is 0 Å². The van der Waals surface area contributed by atoms with Crippen molar-refractivity contribution in [2.75, 3.05) is 32.8 Å². The lowest BCUT2D eigenvalue weighted by Crippen LogP contribution is -2.44. The third-order valence-corrected chi connectivity index (χ3v) is 4.05. The lowest BCUT2D eigenvalue weighted by molar-refractivity contribution is 0.114. The summed E-state index contributed by atoms with van der Waals surface area (Å²) in [4.78, 5) is 2.13. The molecule has 1 fully saturated rings. The van der Waals surface area contributed by atoms with E-state index in [0.29, 0.717) is 19.0 Å².